The normalized spacial score (nSPS) is 15.5. The van der Waals surface area contributed by atoms with E-state index in [2.05, 4.69) is 0 Å². The number of rotatable bonds is 5. The number of benzene rings is 2. The summed E-state index contributed by atoms with van der Waals surface area (Å²) < 4.78 is 44.9. The first-order valence-corrected chi connectivity index (χ1v) is 10.8. The highest BCUT2D eigenvalue weighted by atomic mass is 32.2. The van der Waals surface area contributed by atoms with E-state index in [1.165, 1.54) is 29.2 Å². The van der Waals surface area contributed by atoms with Crippen LogP contribution in [0.2, 0.25) is 0 Å². The van der Waals surface area contributed by atoms with Crippen molar-refractivity contribution in [1.29, 1.82) is 0 Å². The van der Waals surface area contributed by atoms with E-state index in [9.17, 15) is 22.8 Å². The number of amides is 2. The molecule has 1 aromatic heterocycles. The molecule has 3 aromatic rings. The topological polar surface area (TPSA) is 76.5 Å². The van der Waals surface area contributed by atoms with Gasteiger partial charge in [0.25, 0.3) is 5.91 Å². The van der Waals surface area contributed by atoms with Gasteiger partial charge in [-0.25, -0.2) is 0 Å². The van der Waals surface area contributed by atoms with E-state index < -0.39 is 17.6 Å². The maximum atomic E-state index is 13.0. The molecule has 1 aliphatic heterocycles. The molecule has 0 unspecified atom stereocenters. The molecule has 0 atom stereocenters. The van der Waals surface area contributed by atoms with Gasteiger partial charge in [-0.15, -0.1) is 0 Å². The molecule has 0 aliphatic carbocycles. The molecular weight excluding hydrogens is 473 g/mol. The average Bonchev–Trinajstić information content (AvgIpc) is 3.34. The minimum absolute atomic E-state index is 0.163. The Kier molecular flexibility index (Phi) is 6.13. The Morgan fingerprint density at radius 2 is 1.88 bits per heavy atom. The lowest BCUT2D eigenvalue weighted by Gasteiger charge is -2.14. The van der Waals surface area contributed by atoms with E-state index in [1.807, 2.05) is 0 Å². The van der Waals surface area contributed by atoms with Crippen molar-refractivity contribution in [3.05, 3.63) is 88.0 Å². The van der Waals surface area contributed by atoms with Gasteiger partial charge in [-0.3, -0.25) is 14.5 Å². The standard InChI is InChI=1S/C23H15F3N2O3S2/c24-23(25,26)16-6-2-4-14(10-16)18-8-7-17(31-18)11-19-21(30)28(22(32)33-19)12-13-3-1-5-15(9-13)20(27)29/h1-11H,12H2,(H2,27,29)/b19-11+. The zero-order valence-corrected chi connectivity index (χ0v) is 18.4. The van der Waals surface area contributed by atoms with Crippen molar-refractivity contribution in [2.75, 3.05) is 0 Å². The molecule has 5 nitrogen and oxygen atoms in total. The fourth-order valence-electron chi connectivity index (χ4n) is 3.21. The van der Waals surface area contributed by atoms with Gasteiger partial charge >= 0.3 is 6.18 Å². The van der Waals surface area contributed by atoms with Gasteiger partial charge < -0.3 is 10.2 Å². The first-order valence-electron chi connectivity index (χ1n) is 9.53. The Labute approximate surface area is 196 Å². The van der Waals surface area contributed by atoms with Gasteiger partial charge in [0.15, 0.2) is 0 Å². The Hall–Kier alpha value is -3.37. The number of furan rings is 1. The van der Waals surface area contributed by atoms with E-state index in [0.29, 0.717) is 26.1 Å². The van der Waals surface area contributed by atoms with E-state index >= 15 is 0 Å². The highest BCUT2D eigenvalue weighted by Gasteiger charge is 2.33. The molecule has 1 saturated heterocycles. The van der Waals surface area contributed by atoms with Crippen LogP contribution in [0, 0.1) is 0 Å². The lowest BCUT2D eigenvalue weighted by Crippen LogP contribution is -2.27. The van der Waals surface area contributed by atoms with E-state index in [4.69, 9.17) is 22.4 Å². The Bertz CT molecular complexity index is 1300. The van der Waals surface area contributed by atoms with Crippen molar-refractivity contribution in [2.24, 2.45) is 5.73 Å². The second kappa shape index (κ2) is 8.87. The van der Waals surface area contributed by atoms with Crippen LogP contribution in [0.15, 0.2) is 70.0 Å². The molecule has 1 fully saturated rings. The Balaban J connectivity index is 1.53. The number of nitrogens with zero attached hydrogens (tertiary/aromatic N) is 1. The third kappa shape index (κ3) is 5.01. The zero-order valence-electron chi connectivity index (χ0n) is 16.8. The first kappa shape index (κ1) is 22.8. The monoisotopic (exact) mass is 488 g/mol. The lowest BCUT2D eigenvalue weighted by atomic mass is 10.1. The fraction of sp³-hybridized carbons (Fsp3) is 0.0870. The fourth-order valence-corrected chi connectivity index (χ4v) is 4.44. The Morgan fingerprint density at radius 3 is 2.61 bits per heavy atom. The van der Waals surface area contributed by atoms with Crippen molar-refractivity contribution in [1.82, 2.24) is 4.90 Å². The number of nitrogens with two attached hydrogens (primary N) is 1. The summed E-state index contributed by atoms with van der Waals surface area (Å²) in [6, 6.07) is 14.5. The molecule has 2 amide bonds. The summed E-state index contributed by atoms with van der Waals surface area (Å²) in [5.74, 6) is -0.368. The van der Waals surface area contributed by atoms with Crippen LogP contribution in [0.3, 0.4) is 0 Å². The van der Waals surface area contributed by atoms with Gasteiger partial charge in [-0.1, -0.05) is 48.2 Å². The molecule has 2 aromatic carbocycles. The Morgan fingerprint density at radius 1 is 1.12 bits per heavy atom. The summed E-state index contributed by atoms with van der Waals surface area (Å²) in [5.41, 5.74) is 5.81. The zero-order chi connectivity index (χ0) is 23.8. The number of thiocarbonyl (C=S) groups is 1. The predicted molar refractivity (Wildman–Crippen MR) is 123 cm³/mol. The van der Waals surface area contributed by atoms with Crippen LogP contribution in [-0.4, -0.2) is 21.0 Å². The molecule has 0 saturated carbocycles. The number of carbonyl (C=O) groups is 2. The molecule has 0 spiro atoms. The van der Waals surface area contributed by atoms with Gasteiger partial charge in [0.05, 0.1) is 17.0 Å². The van der Waals surface area contributed by atoms with Crippen molar-refractivity contribution in [2.45, 2.75) is 12.7 Å². The highest BCUT2D eigenvalue weighted by molar-refractivity contribution is 8.26. The minimum atomic E-state index is -4.46. The third-order valence-electron chi connectivity index (χ3n) is 4.80. The quantitative estimate of drug-likeness (QED) is 0.381. The van der Waals surface area contributed by atoms with Crippen LogP contribution in [0.1, 0.15) is 27.2 Å². The van der Waals surface area contributed by atoms with Crippen molar-refractivity contribution in [3.8, 4) is 11.3 Å². The molecule has 168 valence electrons. The second-order valence-electron chi connectivity index (χ2n) is 7.11. The van der Waals surface area contributed by atoms with Gasteiger partial charge in [0, 0.05) is 17.2 Å². The van der Waals surface area contributed by atoms with Gasteiger partial charge in [0.2, 0.25) is 5.91 Å². The maximum Gasteiger partial charge on any atom is 0.416 e. The number of halogens is 3. The second-order valence-corrected chi connectivity index (χ2v) is 8.79. The first-order chi connectivity index (χ1) is 15.6. The number of primary amides is 1. The SMILES string of the molecule is NC(=O)c1cccc(CN2C(=O)/C(=C\c3ccc(-c4cccc(C(F)(F)F)c4)o3)SC2=S)c1. The highest BCUT2D eigenvalue weighted by Crippen LogP contribution is 2.36. The van der Waals surface area contributed by atoms with Crippen LogP contribution >= 0.6 is 24.0 Å². The molecule has 1 aliphatic rings. The molecule has 33 heavy (non-hydrogen) atoms. The minimum Gasteiger partial charge on any atom is -0.457 e. The van der Waals surface area contributed by atoms with Crippen molar-refractivity contribution < 1.29 is 27.2 Å². The van der Waals surface area contributed by atoms with E-state index in [0.717, 1.165) is 23.9 Å². The lowest BCUT2D eigenvalue weighted by molar-refractivity contribution is -0.137. The summed E-state index contributed by atoms with van der Waals surface area (Å²) in [4.78, 5) is 26.0. The smallest absolute Gasteiger partial charge is 0.416 e. The number of alkyl halides is 3. The number of thioether (sulfide) groups is 1. The van der Waals surface area contributed by atoms with Crippen molar-refractivity contribution in [3.63, 3.8) is 0 Å². The molecule has 4 rings (SSSR count). The van der Waals surface area contributed by atoms with Crippen LogP contribution in [0.25, 0.3) is 17.4 Å². The van der Waals surface area contributed by atoms with Crippen molar-refractivity contribution >= 4 is 46.2 Å². The van der Waals surface area contributed by atoms with Crippen LogP contribution in [0.4, 0.5) is 13.2 Å². The van der Waals surface area contributed by atoms with Gasteiger partial charge in [0.1, 0.15) is 15.8 Å². The number of carbonyl (C=O) groups excluding carboxylic acids is 2. The van der Waals surface area contributed by atoms with Crippen LogP contribution in [-0.2, 0) is 17.5 Å². The van der Waals surface area contributed by atoms with Crippen LogP contribution in [0.5, 0.6) is 0 Å². The summed E-state index contributed by atoms with van der Waals surface area (Å²) in [6.45, 7) is 0.163. The molecule has 0 bridgehead atoms. The summed E-state index contributed by atoms with van der Waals surface area (Å²) in [5, 5.41) is 0. The summed E-state index contributed by atoms with van der Waals surface area (Å²) in [7, 11) is 0. The number of hydrogen-bond acceptors (Lipinski definition) is 5. The maximum absolute atomic E-state index is 13.0. The number of hydrogen-bond donors (Lipinski definition) is 1. The average molecular weight is 489 g/mol. The summed E-state index contributed by atoms with van der Waals surface area (Å²) in [6.07, 6.45) is -2.97. The van der Waals surface area contributed by atoms with Gasteiger partial charge in [-0.2, -0.15) is 13.2 Å². The van der Waals surface area contributed by atoms with E-state index in [-0.39, 0.29) is 23.8 Å². The molecule has 2 heterocycles. The summed E-state index contributed by atoms with van der Waals surface area (Å²) >= 11 is 6.41. The van der Waals surface area contributed by atoms with Crippen LogP contribution < -0.4 is 5.73 Å². The van der Waals surface area contributed by atoms with E-state index in [1.54, 1.807) is 30.3 Å². The third-order valence-corrected chi connectivity index (χ3v) is 6.18. The van der Waals surface area contributed by atoms with Gasteiger partial charge in [-0.05, 0) is 42.0 Å². The molecular formula is C23H15F3N2O3S2. The molecule has 0 radical (unpaired) electrons. The predicted octanol–water partition coefficient (Wildman–Crippen LogP) is 5.47. The molecule has 2 N–H and O–H groups in total. The largest absolute Gasteiger partial charge is 0.457 e. The molecule has 10 heteroatoms.